The largest absolute Gasteiger partial charge is 0.468 e. The lowest BCUT2D eigenvalue weighted by Gasteiger charge is -2.27. The van der Waals surface area contributed by atoms with Crippen LogP contribution in [-0.2, 0) is 35.1 Å². The lowest BCUT2D eigenvalue weighted by atomic mass is 9.88. The highest BCUT2D eigenvalue weighted by molar-refractivity contribution is 5.81. The van der Waals surface area contributed by atoms with Crippen LogP contribution in [0, 0.1) is 17.8 Å². The third-order valence-electron chi connectivity index (χ3n) is 6.44. The molecule has 0 saturated carbocycles. The number of hydrogen-bond acceptors (Lipinski definition) is 9. The molecule has 0 aromatic heterocycles. The lowest BCUT2D eigenvalue weighted by molar-refractivity contribution is -0.151. The summed E-state index contributed by atoms with van der Waals surface area (Å²) < 4.78 is 21.3. The molecule has 9 heteroatoms. The van der Waals surface area contributed by atoms with E-state index in [0.717, 1.165) is 6.42 Å². The Morgan fingerprint density at radius 3 is 1.95 bits per heavy atom. The highest BCUT2D eigenvalue weighted by atomic mass is 16.6. The Morgan fingerprint density at radius 2 is 1.44 bits per heavy atom. The number of carbonyl (C=O) groups excluding carboxylic acids is 4. The van der Waals surface area contributed by atoms with Crippen molar-refractivity contribution in [2.45, 2.75) is 98.4 Å². The van der Waals surface area contributed by atoms with E-state index in [9.17, 15) is 19.2 Å². The van der Waals surface area contributed by atoms with E-state index in [2.05, 4.69) is 0 Å². The summed E-state index contributed by atoms with van der Waals surface area (Å²) in [4.78, 5) is 49.6. The number of methoxy groups -OCH3 is 1. The Hall–Kier alpha value is -2.94. The van der Waals surface area contributed by atoms with Crippen molar-refractivity contribution in [1.29, 1.82) is 0 Å². The molecule has 0 bridgehead atoms. The van der Waals surface area contributed by atoms with E-state index < -0.39 is 23.4 Å². The fourth-order valence-corrected chi connectivity index (χ4v) is 3.65. The molecule has 39 heavy (non-hydrogen) atoms. The Bertz CT molecular complexity index is 958. The van der Waals surface area contributed by atoms with Crippen LogP contribution in [0.5, 0.6) is 11.5 Å². The molecule has 2 N–H and O–H groups in total. The smallest absolute Gasteiger partial charge is 0.326 e. The Morgan fingerprint density at radius 1 is 0.872 bits per heavy atom. The minimum atomic E-state index is -1.50. The fraction of sp³-hybridized carbons (Fsp3) is 0.667. The quantitative estimate of drug-likeness (QED) is 0.207. The highest BCUT2D eigenvalue weighted by Crippen LogP contribution is 2.31. The number of benzene rings is 1. The summed E-state index contributed by atoms with van der Waals surface area (Å²) in [5.74, 6) is -0.876. The zero-order valence-corrected chi connectivity index (χ0v) is 24.7. The maximum atomic E-state index is 12.6. The molecule has 0 heterocycles. The van der Waals surface area contributed by atoms with E-state index in [1.807, 2.05) is 41.5 Å². The van der Waals surface area contributed by atoms with Gasteiger partial charge in [-0.1, -0.05) is 54.0 Å². The van der Waals surface area contributed by atoms with E-state index >= 15 is 0 Å². The Labute approximate surface area is 233 Å². The second kappa shape index (κ2) is 16.9. The number of esters is 4. The number of hydrogen-bond donors (Lipinski definition) is 1. The number of carbonyl (C=O) groups is 4. The Balaban J connectivity index is 3.12. The molecule has 0 aliphatic carbocycles. The summed E-state index contributed by atoms with van der Waals surface area (Å²) in [6.07, 6.45) is 2.92. The van der Waals surface area contributed by atoms with Crippen molar-refractivity contribution in [3.8, 4) is 11.5 Å². The SMILES string of the molecule is CCC(C)CC(=O)OCC[C@@](N)(Cc1ccc(OC(=O)CCC(C)C)c(OC(=O)CCC(C)C)c1)C(=O)OC. The van der Waals surface area contributed by atoms with Gasteiger partial charge >= 0.3 is 23.9 Å². The summed E-state index contributed by atoms with van der Waals surface area (Å²) in [5, 5.41) is 0. The molecule has 2 atom stereocenters. The van der Waals surface area contributed by atoms with Gasteiger partial charge in [0.1, 0.15) is 5.54 Å². The summed E-state index contributed by atoms with van der Waals surface area (Å²) in [5.41, 5.74) is 5.52. The topological polar surface area (TPSA) is 131 Å². The minimum Gasteiger partial charge on any atom is -0.468 e. The predicted octanol–water partition coefficient (Wildman–Crippen LogP) is 5.15. The van der Waals surface area contributed by atoms with Gasteiger partial charge in [-0.25, -0.2) is 0 Å². The average Bonchev–Trinajstić information content (AvgIpc) is 2.87. The maximum Gasteiger partial charge on any atom is 0.326 e. The molecular weight excluding hydrogens is 502 g/mol. The maximum absolute atomic E-state index is 12.6. The molecule has 0 amide bonds. The molecule has 1 aromatic carbocycles. The molecule has 0 saturated heterocycles. The number of nitrogens with two attached hydrogens (primary N) is 1. The van der Waals surface area contributed by atoms with Crippen molar-refractivity contribution in [3.63, 3.8) is 0 Å². The molecule has 0 spiro atoms. The molecule has 1 aromatic rings. The van der Waals surface area contributed by atoms with E-state index in [0.29, 0.717) is 30.2 Å². The van der Waals surface area contributed by atoms with Crippen molar-refractivity contribution in [2.75, 3.05) is 13.7 Å². The number of rotatable bonds is 17. The summed E-state index contributed by atoms with van der Waals surface area (Å²) in [6, 6.07) is 4.71. The van der Waals surface area contributed by atoms with Crippen molar-refractivity contribution in [1.82, 2.24) is 0 Å². The standard InChI is InChI=1S/C30H47NO8/c1-8-22(6)17-28(34)37-16-15-30(31,29(35)36-7)19-23-11-12-24(38-26(32)13-9-20(2)3)25(18-23)39-27(33)14-10-21(4)5/h11-12,18,20-22H,8-10,13-17,19,31H2,1-7H3/t22?,30-/m1/s1. The summed E-state index contributed by atoms with van der Waals surface area (Å²) >= 11 is 0. The first-order chi connectivity index (χ1) is 18.3. The first-order valence-electron chi connectivity index (χ1n) is 13.9. The summed E-state index contributed by atoms with van der Waals surface area (Å²) in [7, 11) is 1.24. The third kappa shape index (κ3) is 13.1. The highest BCUT2D eigenvalue weighted by Gasteiger charge is 2.36. The van der Waals surface area contributed by atoms with Gasteiger partial charge in [-0.3, -0.25) is 19.2 Å². The van der Waals surface area contributed by atoms with E-state index in [1.54, 1.807) is 6.07 Å². The van der Waals surface area contributed by atoms with Gasteiger partial charge in [0.15, 0.2) is 11.5 Å². The van der Waals surface area contributed by atoms with Gasteiger partial charge in [0.25, 0.3) is 0 Å². The average molecular weight is 550 g/mol. The van der Waals surface area contributed by atoms with Crippen molar-refractivity contribution in [3.05, 3.63) is 23.8 Å². The van der Waals surface area contributed by atoms with Crippen LogP contribution in [0.4, 0.5) is 0 Å². The normalized spacial score (nSPS) is 13.5. The van der Waals surface area contributed by atoms with Crippen molar-refractivity contribution < 1.29 is 38.1 Å². The van der Waals surface area contributed by atoms with Crippen LogP contribution < -0.4 is 15.2 Å². The van der Waals surface area contributed by atoms with Crippen LogP contribution in [0.15, 0.2) is 18.2 Å². The van der Waals surface area contributed by atoms with Crippen LogP contribution in [0.3, 0.4) is 0 Å². The second-order valence-electron chi connectivity index (χ2n) is 11.1. The third-order valence-corrected chi connectivity index (χ3v) is 6.44. The minimum absolute atomic E-state index is 0.0146. The lowest BCUT2D eigenvalue weighted by Crippen LogP contribution is -2.51. The first-order valence-corrected chi connectivity index (χ1v) is 13.9. The molecule has 0 fully saturated rings. The van der Waals surface area contributed by atoms with Gasteiger partial charge in [-0.2, -0.15) is 0 Å². The van der Waals surface area contributed by atoms with E-state index in [-0.39, 0.29) is 62.1 Å². The van der Waals surface area contributed by atoms with Gasteiger partial charge in [-0.15, -0.1) is 0 Å². The second-order valence-corrected chi connectivity index (χ2v) is 11.1. The Kier molecular flexibility index (Phi) is 14.8. The monoisotopic (exact) mass is 549 g/mol. The van der Waals surface area contributed by atoms with Gasteiger partial charge in [0.2, 0.25) is 0 Å². The molecule has 0 aliphatic rings. The van der Waals surface area contributed by atoms with Crippen LogP contribution in [0.25, 0.3) is 0 Å². The molecule has 9 nitrogen and oxygen atoms in total. The molecule has 1 unspecified atom stereocenters. The number of ether oxygens (including phenoxy) is 4. The molecule has 1 rings (SSSR count). The predicted molar refractivity (Wildman–Crippen MR) is 148 cm³/mol. The molecule has 220 valence electrons. The molecule has 0 radical (unpaired) electrons. The van der Waals surface area contributed by atoms with Crippen LogP contribution in [0.2, 0.25) is 0 Å². The molecular formula is C30H47NO8. The summed E-state index contributed by atoms with van der Waals surface area (Å²) in [6.45, 7) is 11.9. The first kappa shape index (κ1) is 34.1. The van der Waals surface area contributed by atoms with Crippen LogP contribution in [0.1, 0.15) is 92.1 Å². The van der Waals surface area contributed by atoms with Crippen molar-refractivity contribution in [2.24, 2.45) is 23.5 Å². The molecule has 0 aliphatic heterocycles. The van der Waals surface area contributed by atoms with E-state index in [4.69, 9.17) is 24.7 Å². The van der Waals surface area contributed by atoms with Crippen LogP contribution >= 0.6 is 0 Å². The van der Waals surface area contributed by atoms with Crippen LogP contribution in [-0.4, -0.2) is 43.1 Å². The van der Waals surface area contributed by atoms with Gasteiger partial charge in [0, 0.05) is 32.1 Å². The van der Waals surface area contributed by atoms with E-state index in [1.165, 1.54) is 19.2 Å². The zero-order valence-electron chi connectivity index (χ0n) is 24.7. The van der Waals surface area contributed by atoms with Crippen molar-refractivity contribution >= 4 is 23.9 Å². The van der Waals surface area contributed by atoms with Gasteiger partial charge < -0.3 is 24.7 Å². The zero-order chi connectivity index (χ0) is 29.6. The fourth-order valence-electron chi connectivity index (χ4n) is 3.65. The van der Waals surface area contributed by atoms with Gasteiger partial charge in [0.05, 0.1) is 13.7 Å². The van der Waals surface area contributed by atoms with Gasteiger partial charge in [-0.05, 0) is 48.3 Å².